The normalized spacial score (nSPS) is 15.5. The van der Waals surface area contributed by atoms with E-state index in [4.69, 9.17) is 12.2 Å². The Labute approximate surface area is 137 Å². The minimum Gasteiger partial charge on any atom is -0.366 e. The highest BCUT2D eigenvalue weighted by Crippen LogP contribution is 2.17. The second-order valence-electron chi connectivity index (χ2n) is 5.76. The predicted molar refractivity (Wildman–Crippen MR) is 93.3 cm³/mol. The molecule has 22 heavy (non-hydrogen) atoms. The molecule has 0 unspecified atom stereocenters. The Hall–Kier alpha value is -1.66. The second-order valence-corrected chi connectivity index (χ2v) is 6.15. The van der Waals surface area contributed by atoms with Gasteiger partial charge in [0, 0.05) is 12.7 Å². The number of carbonyl (C=O) groups is 1. The van der Waals surface area contributed by atoms with Gasteiger partial charge in [-0.15, -0.1) is 0 Å². The number of quaternary nitrogens is 1. The van der Waals surface area contributed by atoms with Gasteiger partial charge in [-0.1, -0.05) is 12.1 Å². The summed E-state index contributed by atoms with van der Waals surface area (Å²) in [5.74, 6) is 0.0772. The molecule has 1 aromatic rings. The quantitative estimate of drug-likeness (QED) is 0.683. The van der Waals surface area contributed by atoms with Crippen LogP contribution in [0.25, 0.3) is 0 Å². The van der Waals surface area contributed by atoms with Crippen molar-refractivity contribution < 1.29 is 9.69 Å². The smallest absolute Gasteiger partial charge is 0.279 e. The van der Waals surface area contributed by atoms with Gasteiger partial charge >= 0.3 is 0 Å². The number of aryl methyl sites for hydroxylation is 1. The molecule has 0 spiro atoms. The van der Waals surface area contributed by atoms with E-state index < -0.39 is 0 Å². The molecular formula is C16H25N4OS+. The molecule has 0 atom stereocenters. The van der Waals surface area contributed by atoms with Crippen molar-refractivity contribution in [3.05, 3.63) is 29.3 Å². The van der Waals surface area contributed by atoms with Crippen molar-refractivity contribution in [1.82, 2.24) is 10.2 Å². The van der Waals surface area contributed by atoms with Gasteiger partial charge < -0.3 is 20.4 Å². The standard InChI is InChI=1S/C16H24N4OS/c1-12-5-4-6-14(13(12)2)18-15(21)11-19-7-9-20(10-8-19)16(22)17-3/h4-6H,7-11H2,1-3H3,(H,17,22)(H,18,21)/p+1. The van der Waals surface area contributed by atoms with E-state index in [1.807, 2.05) is 26.1 Å². The summed E-state index contributed by atoms with van der Waals surface area (Å²) in [6.07, 6.45) is 0. The molecule has 0 aliphatic carbocycles. The van der Waals surface area contributed by atoms with Crippen LogP contribution in [0.1, 0.15) is 11.1 Å². The van der Waals surface area contributed by atoms with Crippen LogP contribution in [0.15, 0.2) is 18.2 Å². The number of benzene rings is 1. The first-order valence-corrected chi connectivity index (χ1v) is 8.08. The largest absolute Gasteiger partial charge is 0.366 e. The summed E-state index contributed by atoms with van der Waals surface area (Å²) in [6.45, 7) is 8.25. The van der Waals surface area contributed by atoms with Crippen LogP contribution in [-0.2, 0) is 4.79 Å². The molecule has 0 saturated carbocycles. The molecule has 120 valence electrons. The van der Waals surface area contributed by atoms with E-state index >= 15 is 0 Å². The number of thiocarbonyl (C=S) groups is 1. The Balaban J connectivity index is 1.83. The molecule has 6 heteroatoms. The molecular weight excluding hydrogens is 296 g/mol. The number of hydrogen-bond donors (Lipinski definition) is 3. The first-order valence-electron chi connectivity index (χ1n) is 7.67. The molecule has 0 aromatic heterocycles. The van der Waals surface area contributed by atoms with Crippen LogP contribution in [0.2, 0.25) is 0 Å². The van der Waals surface area contributed by atoms with Crippen LogP contribution in [0.4, 0.5) is 5.69 Å². The molecule has 1 fully saturated rings. The van der Waals surface area contributed by atoms with Crippen LogP contribution in [-0.4, -0.2) is 55.7 Å². The van der Waals surface area contributed by atoms with Crippen LogP contribution >= 0.6 is 12.2 Å². The summed E-state index contributed by atoms with van der Waals surface area (Å²) >= 11 is 5.24. The number of carbonyl (C=O) groups excluding carboxylic acids is 1. The molecule has 1 amide bonds. The number of nitrogens with one attached hydrogen (secondary N) is 3. The molecule has 1 heterocycles. The zero-order chi connectivity index (χ0) is 16.1. The lowest BCUT2D eigenvalue weighted by Crippen LogP contribution is -3.15. The number of amides is 1. The summed E-state index contributed by atoms with van der Waals surface area (Å²) in [5, 5.41) is 6.83. The molecule has 1 aliphatic heterocycles. The monoisotopic (exact) mass is 321 g/mol. The third-order valence-electron chi connectivity index (χ3n) is 4.26. The Kier molecular flexibility index (Phi) is 5.74. The molecule has 1 aliphatic rings. The SMILES string of the molecule is CNC(=S)N1CC[NH+](CC(=O)Nc2cccc(C)c2C)CC1. The van der Waals surface area contributed by atoms with Crippen molar-refractivity contribution in [3.8, 4) is 0 Å². The van der Waals surface area contributed by atoms with Gasteiger partial charge in [0.05, 0.1) is 26.2 Å². The zero-order valence-electron chi connectivity index (χ0n) is 13.5. The summed E-state index contributed by atoms with van der Waals surface area (Å²) in [6, 6.07) is 5.99. The molecule has 1 aromatic carbocycles. The predicted octanol–water partition coefficient (Wildman–Crippen LogP) is -0.0533. The van der Waals surface area contributed by atoms with E-state index in [2.05, 4.69) is 28.5 Å². The van der Waals surface area contributed by atoms with Crippen LogP contribution < -0.4 is 15.5 Å². The van der Waals surface area contributed by atoms with Crippen molar-refractivity contribution in [3.63, 3.8) is 0 Å². The van der Waals surface area contributed by atoms with Crippen LogP contribution in [0, 0.1) is 13.8 Å². The summed E-state index contributed by atoms with van der Waals surface area (Å²) < 4.78 is 0. The summed E-state index contributed by atoms with van der Waals surface area (Å²) in [5.41, 5.74) is 3.24. The zero-order valence-corrected chi connectivity index (χ0v) is 14.3. The van der Waals surface area contributed by atoms with Gasteiger partial charge in [-0.05, 0) is 43.3 Å². The Morgan fingerprint density at radius 2 is 2.00 bits per heavy atom. The van der Waals surface area contributed by atoms with E-state index in [9.17, 15) is 4.79 Å². The molecule has 0 bridgehead atoms. The van der Waals surface area contributed by atoms with E-state index in [-0.39, 0.29) is 5.91 Å². The fraction of sp³-hybridized carbons (Fsp3) is 0.500. The number of nitrogens with zero attached hydrogens (tertiary/aromatic N) is 1. The molecule has 2 rings (SSSR count). The molecule has 0 radical (unpaired) electrons. The second kappa shape index (κ2) is 7.56. The highest BCUT2D eigenvalue weighted by atomic mass is 32.1. The number of piperazine rings is 1. The third kappa shape index (κ3) is 4.18. The van der Waals surface area contributed by atoms with Crippen molar-refractivity contribution in [2.24, 2.45) is 0 Å². The van der Waals surface area contributed by atoms with E-state index in [0.717, 1.165) is 42.5 Å². The highest BCUT2D eigenvalue weighted by Gasteiger charge is 2.23. The minimum atomic E-state index is 0.0772. The lowest BCUT2D eigenvalue weighted by atomic mass is 10.1. The maximum Gasteiger partial charge on any atom is 0.279 e. The van der Waals surface area contributed by atoms with E-state index in [0.29, 0.717) is 6.54 Å². The lowest BCUT2D eigenvalue weighted by molar-refractivity contribution is -0.895. The average Bonchev–Trinajstić information content (AvgIpc) is 2.52. The minimum absolute atomic E-state index is 0.0772. The van der Waals surface area contributed by atoms with Gasteiger partial charge in [0.15, 0.2) is 11.7 Å². The number of rotatable bonds is 3. The maximum absolute atomic E-state index is 12.2. The van der Waals surface area contributed by atoms with Crippen molar-refractivity contribution in [2.75, 3.05) is 45.1 Å². The van der Waals surface area contributed by atoms with Gasteiger partial charge in [0.2, 0.25) is 0 Å². The lowest BCUT2D eigenvalue weighted by Gasteiger charge is -2.33. The maximum atomic E-state index is 12.2. The fourth-order valence-corrected chi connectivity index (χ4v) is 2.85. The fourth-order valence-electron chi connectivity index (χ4n) is 2.67. The van der Waals surface area contributed by atoms with Crippen LogP contribution in [0.5, 0.6) is 0 Å². The van der Waals surface area contributed by atoms with E-state index in [1.54, 1.807) is 0 Å². The third-order valence-corrected chi connectivity index (χ3v) is 4.72. The van der Waals surface area contributed by atoms with Gasteiger partial charge in [-0.25, -0.2) is 0 Å². The summed E-state index contributed by atoms with van der Waals surface area (Å²) in [4.78, 5) is 15.7. The van der Waals surface area contributed by atoms with Crippen molar-refractivity contribution in [2.45, 2.75) is 13.8 Å². The Morgan fingerprint density at radius 1 is 1.32 bits per heavy atom. The average molecular weight is 321 g/mol. The van der Waals surface area contributed by atoms with Gasteiger partial charge in [0.1, 0.15) is 0 Å². The first-order chi connectivity index (χ1) is 10.5. The van der Waals surface area contributed by atoms with Gasteiger partial charge in [-0.2, -0.15) is 0 Å². The van der Waals surface area contributed by atoms with Crippen molar-refractivity contribution in [1.29, 1.82) is 0 Å². The van der Waals surface area contributed by atoms with E-state index in [1.165, 1.54) is 10.5 Å². The van der Waals surface area contributed by atoms with Crippen LogP contribution in [0.3, 0.4) is 0 Å². The molecule has 3 N–H and O–H groups in total. The Bertz CT molecular complexity index is 553. The summed E-state index contributed by atoms with van der Waals surface area (Å²) in [7, 11) is 1.85. The number of anilines is 1. The first kappa shape index (κ1) is 16.7. The van der Waals surface area contributed by atoms with Gasteiger partial charge in [-0.3, -0.25) is 4.79 Å². The van der Waals surface area contributed by atoms with Crippen molar-refractivity contribution >= 4 is 28.9 Å². The highest BCUT2D eigenvalue weighted by molar-refractivity contribution is 7.80. The van der Waals surface area contributed by atoms with Gasteiger partial charge in [0.25, 0.3) is 5.91 Å². The molecule has 5 nitrogen and oxygen atoms in total. The molecule has 1 saturated heterocycles. The number of hydrogen-bond acceptors (Lipinski definition) is 2. The topological polar surface area (TPSA) is 48.8 Å². The Morgan fingerprint density at radius 3 is 2.64 bits per heavy atom.